The van der Waals surface area contributed by atoms with Gasteiger partial charge in [-0.1, -0.05) is 92.2 Å². The summed E-state index contributed by atoms with van der Waals surface area (Å²) >= 11 is 0.899. The zero-order valence-corrected chi connectivity index (χ0v) is 27.3. The predicted molar refractivity (Wildman–Crippen MR) is 186 cm³/mol. The van der Waals surface area contributed by atoms with Gasteiger partial charge in [-0.05, 0) is 60.0 Å². The summed E-state index contributed by atoms with van der Waals surface area (Å²) in [6.07, 6.45) is 2.49. The molecular formula is C37H36FN5O4S. The number of hydrogen-bond acceptors (Lipinski definition) is 6. The van der Waals surface area contributed by atoms with E-state index in [-0.39, 0.29) is 34.9 Å². The molecule has 3 amide bonds. The maximum atomic E-state index is 13.9. The number of anilines is 1. The molecule has 0 spiro atoms. The summed E-state index contributed by atoms with van der Waals surface area (Å²) in [5, 5.41) is 7.65. The molecule has 0 fully saturated rings. The molecule has 11 heteroatoms. The van der Waals surface area contributed by atoms with Crippen molar-refractivity contribution in [3.8, 4) is 0 Å². The second-order valence-electron chi connectivity index (χ2n) is 11.2. The predicted octanol–water partition coefficient (Wildman–Crippen LogP) is 6.07. The van der Waals surface area contributed by atoms with Crippen LogP contribution in [-0.2, 0) is 29.2 Å². The number of aromatic nitrogens is 2. The lowest BCUT2D eigenvalue weighted by molar-refractivity contribution is -0.128. The van der Waals surface area contributed by atoms with E-state index in [0.29, 0.717) is 24.0 Å². The lowest BCUT2D eigenvalue weighted by atomic mass is 10.1. The van der Waals surface area contributed by atoms with Gasteiger partial charge in [-0.25, -0.2) is 9.37 Å². The van der Waals surface area contributed by atoms with Crippen molar-refractivity contribution >= 4 is 46.1 Å². The first-order valence-electron chi connectivity index (χ1n) is 15.7. The van der Waals surface area contributed by atoms with Crippen LogP contribution in [0.1, 0.15) is 47.7 Å². The molecule has 0 bridgehead atoms. The Morgan fingerprint density at radius 2 is 1.42 bits per heavy atom. The lowest BCUT2D eigenvalue weighted by Gasteiger charge is -2.19. The van der Waals surface area contributed by atoms with Crippen molar-refractivity contribution in [1.82, 2.24) is 20.2 Å². The second kappa shape index (κ2) is 16.5. The number of thioether (sulfide) groups is 1. The Hall–Kier alpha value is -5.29. The minimum atomic E-state index is -1.27. The van der Waals surface area contributed by atoms with Crippen molar-refractivity contribution in [2.45, 2.75) is 56.2 Å². The van der Waals surface area contributed by atoms with Gasteiger partial charge in [0.05, 0.1) is 10.9 Å². The largest absolute Gasteiger partial charge is 0.351 e. The third-order valence-corrected chi connectivity index (χ3v) is 8.77. The van der Waals surface area contributed by atoms with E-state index < -0.39 is 28.8 Å². The first-order chi connectivity index (χ1) is 23.3. The van der Waals surface area contributed by atoms with Gasteiger partial charge in [0, 0.05) is 30.9 Å². The number of halogens is 1. The van der Waals surface area contributed by atoms with Gasteiger partial charge in [-0.3, -0.25) is 23.7 Å². The van der Waals surface area contributed by atoms with E-state index >= 15 is 0 Å². The zero-order valence-electron chi connectivity index (χ0n) is 26.4. The zero-order chi connectivity index (χ0) is 33.9. The monoisotopic (exact) mass is 665 g/mol. The maximum Gasteiger partial charge on any atom is 0.262 e. The molecule has 0 aliphatic carbocycles. The Bertz CT molecular complexity index is 1880. The SMILES string of the molecule is CCCCCn1c(SC(C(=O)NCc2ccccc2)C(=O)NCc2ccccc2)nc2cc(C(=O)Nc3ccc(F)cc3)ccc2c1=O. The molecule has 0 atom stereocenters. The van der Waals surface area contributed by atoms with Crippen molar-refractivity contribution in [2.24, 2.45) is 0 Å². The summed E-state index contributed by atoms with van der Waals surface area (Å²) in [5.41, 5.74) is 2.28. The van der Waals surface area contributed by atoms with Gasteiger partial charge >= 0.3 is 0 Å². The summed E-state index contributed by atoms with van der Waals surface area (Å²) in [6, 6.07) is 28.6. The summed E-state index contributed by atoms with van der Waals surface area (Å²) < 4.78 is 14.9. The first-order valence-corrected chi connectivity index (χ1v) is 16.6. The molecule has 3 N–H and O–H groups in total. The minimum Gasteiger partial charge on any atom is -0.351 e. The Morgan fingerprint density at radius 1 is 0.812 bits per heavy atom. The normalized spacial score (nSPS) is 11.0. The van der Waals surface area contributed by atoms with Crippen LogP contribution in [0, 0.1) is 5.82 Å². The number of rotatable bonds is 14. The van der Waals surface area contributed by atoms with E-state index in [9.17, 15) is 23.6 Å². The van der Waals surface area contributed by atoms with Crippen LogP contribution in [0.4, 0.5) is 10.1 Å². The molecule has 5 rings (SSSR count). The minimum absolute atomic E-state index is 0.189. The molecule has 0 aliphatic heterocycles. The molecule has 246 valence electrons. The number of fused-ring (bicyclic) bond motifs is 1. The molecular weight excluding hydrogens is 630 g/mol. The molecule has 0 radical (unpaired) electrons. The molecule has 5 aromatic rings. The van der Waals surface area contributed by atoms with Crippen LogP contribution in [0.15, 0.2) is 113 Å². The van der Waals surface area contributed by atoms with Crippen LogP contribution in [0.2, 0.25) is 0 Å². The second-order valence-corrected chi connectivity index (χ2v) is 12.2. The van der Waals surface area contributed by atoms with Crippen LogP contribution in [0.3, 0.4) is 0 Å². The van der Waals surface area contributed by atoms with Crippen LogP contribution >= 0.6 is 11.8 Å². The summed E-state index contributed by atoms with van der Waals surface area (Å²) in [4.78, 5) is 59.0. The third kappa shape index (κ3) is 8.95. The van der Waals surface area contributed by atoms with Crippen LogP contribution in [-0.4, -0.2) is 32.5 Å². The van der Waals surface area contributed by atoms with Crippen LogP contribution in [0.5, 0.6) is 0 Å². The van der Waals surface area contributed by atoms with Crippen molar-refractivity contribution in [3.63, 3.8) is 0 Å². The number of carbonyl (C=O) groups is 3. The van der Waals surface area contributed by atoms with E-state index in [0.717, 1.165) is 35.7 Å². The highest BCUT2D eigenvalue weighted by atomic mass is 32.2. The third-order valence-electron chi connectivity index (χ3n) is 7.59. The van der Waals surface area contributed by atoms with Gasteiger partial charge < -0.3 is 16.0 Å². The molecule has 9 nitrogen and oxygen atoms in total. The van der Waals surface area contributed by atoms with E-state index in [1.807, 2.05) is 60.7 Å². The Balaban J connectivity index is 1.48. The molecule has 0 saturated heterocycles. The van der Waals surface area contributed by atoms with Crippen LogP contribution in [0.25, 0.3) is 10.9 Å². The highest BCUT2D eigenvalue weighted by Crippen LogP contribution is 2.25. The summed E-state index contributed by atoms with van der Waals surface area (Å²) in [7, 11) is 0. The number of hydrogen-bond donors (Lipinski definition) is 3. The van der Waals surface area contributed by atoms with Gasteiger partial charge in [0.25, 0.3) is 11.5 Å². The van der Waals surface area contributed by atoms with Gasteiger partial charge in [0.15, 0.2) is 10.4 Å². The quantitative estimate of drug-likeness (QED) is 0.0573. The fourth-order valence-corrected chi connectivity index (χ4v) is 6.02. The van der Waals surface area contributed by atoms with E-state index in [4.69, 9.17) is 4.98 Å². The van der Waals surface area contributed by atoms with Gasteiger partial charge in [-0.2, -0.15) is 0 Å². The number of benzene rings is 4. The number of amides is 3. The fourth-order valence-electron chi connectivity index (χ4n) is 4.97. The summed E-state index contributed by atoms with van der Waals surface area (Å²) in [5.74, 6) is -1.96. The van der Waals surface area contributed by atoms with Crippen LogP contribution < -0.4 is 21.5 Å². The Morgan fingerprint density at radius 3 is 2.00 bits per heavy atom. The first kappa shape index (κ1) is 34.1. The number of carbonyl (C=O) groups excluding carboxylic acids is 3. The smallest absolute Gasteiger partial charge is 0.262 e. The molecule has 0 aliphatic rings. The molecule has 1 heterocycles. The Labute approximate surface area is 282 Å². The van der Waals surface area contributed by atoms with Crippen molar-refractivity contribution in [2.75, 3.05) is 5.32 Å². The molecule has 48 heavy (non-hydrogen) atoms. The van der Waals surface area contributed by atoms with E-state index in [1.54, 1.807) is 6.07 Å². The van der Waals surface area contributed by atoms with Crippen molar-refractivity contribution in [3.05, 3.63) is 136 Å². The fraction of sp³-hybridized carbons (Fsp3) is 0.216. The van der Waals surface area contributed by atoms with Crippen molar-refractivity contribution in [1.29, 1.82) is 0 Å². The topological polar surface area (TPSA) is 122 Å². The highest BCUT2D eigenvalue weighted by Gasteiger charge is 2.30. The van der Waals surface area contributed by atoms with E-state index in [2.05, 4.69) is 22.9 Å². The standard InChI is InChI=1S/C37H36FN5O4S/c1-2-3-10-21-43-36(47)30-20-15-27(33(44)41-29-18-16-28(38)17-19-29)22-31(30)42-37(43)48-32(34(45)39-23-25-11-6-4-7-12-25)35(46)40-24-26-13-8-5-9-14-26/h4-9,11-20,22,32H,2-3,10,21,23-24H2,1H3,(H,39,45)(H,40,46)(H,41,44). The molecule has 1 aromatic heterocycles. The molecule has 0 unspecified atom stereocenters. The number of nitrogens with one attached hydrogen (secondary N) is 3. The van der Waals surface area contributed by atoms with Gasteiger partial charge in [0.2, 0.25) is 11.8 Å². The molecule has 4 aromatic carbocycles. The van der Waals surface area contributed by atoms with Gasteiger partial charge in [0.1, 0.15) is 5.82 Å². The number of nitrogens with zero attached hydrogens (tertiary/aromatic N) is 2. The Kier molecular flexibility index (Phi) is 11.7. The number of unbranched alkanes of at least 4 members (excludes halogenated alkanes) is 2. The lowest BCUT2D eigenvalue weighted by Crippen LogP contribution is -2.43. The van der Waals surface area contributed by atoms with E-state index in [1.165, 1.54) is 41.0 Å². The maximum absolute atomic E-state index is 13.9. The summed E-state index contributed by atoms with van der Waals surface area (Å²) in [6.45, 7) is 2.82. The average molecular weight is 666 g/mol. The average Bonchev–Trinajstić information content (AvgIpc) is 3.11. The molecule has 0 saturated carbocycles. The van der Waals surface area contributed by atoms with Gasteiger partial charge in [-0.15, -0.1) is 0 Å². The van der Waals surface area contributed by atoms with Crippen molar-refractivity contribution < 1.29 is 18.8 Å². The highest BCUT2D eigenvalue weighted by molar-refractivity contribution is 8.01.